The summed E-state index contributed by atoms with van der Waals surface area (Å²) in [4.78, 5) is 29.5. The molecule has 1 aliphatic carbocycles. The molecule has 0 spiro atoms. The first-order chi connectivity index (χ1) is 9.61. The molecule has 2 unspecified atom stereocenters. The van der Waals surface area contributed by atoms with Crippen molar-refractivity contribution < 1.29 is 9.59 Å². The highest BCUT2D eigenvalue weighted by Crippen LogP contribution is 2.34. The Bertz CT molecular complexity index is 401. The van der Waals surface area contributed by atoms with Crippen molar-refractivity contribution in [1.82, 2.24) is 9.80 Å². The lowest BCUT2D eigenvalue weighted by Gasteiger charge is -2.48. The molecule has 4 heteroatoms. The van der Waals surface area contributed by atoms with Crippen molar-refractivity contribution >= 4 is 11.8 Å². The van der Waals surface area contributed by atoms with Crippen molar-refractivity contribution in [3.05, 3.63) is 0 Å². The Kier molecular flexibility index (Phi) is 3.74. The lowest BCUT2D eigenvalue weighted by molar-refractivity contribution is -0.165. The van der Waals surface area contributed by atoms with Crippen molar-refractivity contribution in [3.63, 3.8) is 0 Å². The maximum absolute atomic E-state index is 12.9. The lowest BCUT2D eigenvalue weighted by atomic mass is 9.88. The van der Waals surface area contributed by atoms with Gasteiger partial charge in [0.05, 0.1) is 0 Å². The number of nitrogens with zero attached hydrogens (tertiary/aromatic N) is 2. The Hall–Kier alpha value is -1.06. The predicted molar refractivity (Wildman–Crippen MR) is 77.1 cm³/mol. The van der Waals surface area contributed by atoms with Crippen molar-refractivity contribution in [2.24, 2.45) is 5.92 Å². The second-order valence-corrected chi connectivity index (χ2v) is 6.92. The fourth-order valence-corrected chi connectivity index (χ4v) is 4.26. The minimum absolute atomic E-state index is 0.153. The molecule has 3 fully saturated rings. The molecule has 2 amide bonds. The summed E-state index contributed by atoms with van der Waals surface area (Å²) in [5.41, 5.74) is 0. The van der Waals surface area contributed by atoms with E-state index in [-0.39, 0.29) is 29.8 Å². The summed E-state index contributed by atoms with van der Waals surface area (Å²) in [5.74, 6) is 0.635. The first kappa shape index (κ1) is 13.9. The van der Waals surface area contributed by atoms with Crippen LogP contribution in [-0.4, -0.2) is 46.3 Å². The normalized spacial score (nSPS) is 32.1. The fourth-order valence-electron chi connectivity index (χ4n) is 4.26. The molecule has 0 bridgehead atoms. The highest BCUT2D eigenvalue weighted by atomic mass is 16.2. The molecular weight excluding hydrogens is 252 g/mol. The van der Waals surface area contributed by atoms with E-state index >= 15 is 0 Å². The Balaban J connectivity index is 1.90. The maximum Gasteiger partial charge on any atom is 0.246 e. The summed E-state index contributed by atoms with van der Waals surface area (Å²) in [6, 6.07) is -0.0743. The maximum atomic E-state index is 12.9. The quantitative estimate of drug-likeness (QED) is 0.777. The van der Waals surface area contributed by atoms with E-state index in [1.807, 2.05) is 9.80 Å². The van der Waals surface area contributed by atoms with E-state index in [1.54, 1.807) is 0 Å². The van der Waals surface area contributed by atoms with Crippen molar-refractivity contribution in [3.8, 4) is 0 Å². The molecule has 112 valence electrons. The van der Waals surface area contributed by atoms with Gasteiger partial charge in [-0.1, -0.05) is 33.1 Å². The average Bonchev–Trinajstić information content (AvgIpc) is 2.93. The molecule has 0 aromatic rings. The molecule has 4 nitrogen and oxygen atoms in total. The van der Waals surface area contributed by atoms with Gasteiger partial charge in [0.15, 0.2) is 0 Å². The standard InChI is InChI=1S/C16H26N2O2/c1-11(2)14-16(20)17-10-6-9-13(17)15(19)18(14)12-7-4-3-5-8-12/h11-14H,3-10H2,1-2H3. The summed E-state index contributed by atoms with van der Waals surface area (Å²) < 4.78 is 0. The van der Waals surface area contributed by atoms with Crippen LogP contribution in [0.15, 0.2) is 0 Å². The number of fused-ring (bicyclic) bond motifs is 1. The Labute approximate surface area is 121 Å². The molecule has 0 N–H and O–H groups in total. The van der Waals surface area contributed by atoms with Gasteiger partial charge in [-0.05, 0) is 31.6 Å². The van der Waals surface area contributed by atoms with E-state index in [2.05, 4.69) is 13.8 Å². The van der Waals surface area contributed by atoms with E-state index in [0.29, 0.717) is 6.04 Å². The van der Waals surface area contributed by atoms with Gasteiger partial charge >= 0.3 is 0 Å². The van der Waals surface area contributed by atoms with Gasteiger partial charge in [0.2, 0.25) is 11.8 Å². The zero-order valence-corrected chi connectivity index (χ0v) is 12.7. The van der Waals surface area contributed by atoms with Gasteiger partial charge in [0.25, 0.3) is 0 Å². The van der Waals surface area contributed by atoms with Gasteiger partial charge in [-0.15, -0.1) is 0 Å². The van der Waals surface area contributed by atoms with Gasteiger partial charge < -0.3 is 9.80 Å². The van der Waals surface area contributed by atoms with Crippen LogP contribution in [0, 0.1) is 5.92 Å². The van der Waals surface area contributed by atoms with Crippen LogP contribution in [0.3, 0.4) is 0 Å². The average molecular weight is 278 g/mol. The first-order valence-electron chi connectivity index (χ1n) is 8.24. The third-order valence-corrected chi connectivity index (χ3v) is 5.23. The molecule has 2 saturated heterocycles. The third kappa shape index (κ3) is 2.13. The number of amides is 2. The molecule has 3 rings (SSSR count). The fraction of sp³-hybridized carbons (Fsp3) is 0.875. The number of rotatable bonds is 2. The highest BCUT2D eigenvalue weighted by molar-refractivity contribution is 5.97. The molecule has 20 heavy (non-hydrogen) atoms. The zero-order chi connectivity index (χ0) is 14.3. The van der Waals surface area contributed by atoms with Crippen LogP contribution in [-0.2, 0) is 9.59 Å². The van der Waals surface area contributed by atoms with Crippen LogP contribution < -0.4 is 0 Å². The van der Waals surface area contributed by atoms with E-state index in [4.69, 9.17) is 0 Å². The third-order valence-electron chi connectivity index (χ3n) is 5.23. The molecule has 2 aliphatic heterocycles. The summed E-state index contributed by atoms with van der Waals surface area (Å²) in [5, 5.41) is 0. The van der Waals surface area contributed by atoms with E-state index < -0.39 is 0 Å². The van der Waals surface area contributed by atoms with Crippen molar-refractivity contribution in [1.29, 1.82) is 0 Å². The monoisotopic (exact) mass is 278 g/mol. The Morgan fingerprint density at radius 2 is 1.65 bits per heavy atom. The second-order valence-electron chi connectivity index (χ2n) is 6.92. The van der Waals surface area contributed by atoms with Gasteiger partial charge in [0, 0.05) is 12.6 Å². The SMILES string of the molecule is CC(C)C1C(=O)N2CCCC2C(=O)N1C1CCCCC1. The summed E-state index contributed by atoms with van der Waals surface area (Å²) in [6.07, 6.45) is 7.66. The molecular formula is C16H26N2O2. The molecule has 0 aromatic carbocycles. The molecule has 3 aliphatic rings. The van der Waals surface area contributed by atoms with E-state index in [9.17, 15) is 9.59 Å². The van der Waals surface area contributed by atoms with Gasteiger partial charge in [-0.25, -0.2) is 0 Å². The number of hydrogen-bond donors (Lipinski definition) is 0. The lowest BCUT2D eigenvalue weighted by Crippen LogP contribution is -2.66. The number of carbonyl (C=O) groups is 2. The van der Waals surface area contributed by atoms with E-state index in [1.165, 1.54) is 19.3 Å². The van der Waals surface area contributed by atoms with Gasteiger partial charge in [-0.2, -0.15) is 0 Å². The van der Waals surface area contributed by atoms with Crippen LogP contribution in [0.4, 0.5) is 0 Å². The number of piperazine rings is 1. The van der Waals surface area contributed by atoms with Crippen molar-refractivity contribution in [2.75, 3.05) is 6.54 Å². The summed E-state index contributed by atoms with van der Waals surface area (Å²) in [6.45, 7) is 4.92. The summed E-state index contributed by atoms with van der Waals surface area (Å²) in [7, 11) is 0. The molecule has 1 saturated carbocycles. The first-order valence-corrected chi connectivity index (χ1v) is 8.24. The van der Waals surface area contributed by atoms with E-state index in [0.717, 1.165) is 32.2 Å². The minimum atomic E-state index is -0.222. The topological polar surface area (TPSA) is 40.6 Å². The smallest absolute Gasteiger partial charge is 0.246 e. The molecule has 2 atom stereocenters. The Morgan fingerprint density at radius 1 is 0.950 bits per heavy atom. The van der Waals surface area contributed by atoms with Crippen molar-refractivity contribution in [2.45, 2.75) is 76.9 Å². The summed E-state index contributed by atoms with van der Waals surface area (Å²) >= 11 is 0. The van der Waals surface area contributed by atoms with Crippen LogP contribution in [0.1, 0.15) is 58.8 Å². The zero-order valence-electron chi connectivity index (χ0n) is 12.7. The molecule has 0 aromatic heterocycles. The molecule has 2 heterocycles. The second kappa shape index (κ2) is 5.38. The van der Waals surface area contributed by atoms with Gasteiger partial charge in [-0.3, -0.25) is 9.59 Å². The Morgan fingerprint density at radius 3 is 2.30 bits per heavy atom. The van der Waals surface area contributed by atoms with Crippen LogP contribution in [0.5, 0.6) is 0 Å². The highest BCUT2D eigenvalue weighted by Gasteiger charge is 2.50. The predicted octanol–water partition coefficient (Wildman–Crippen LogP) is 2.18. The minimum Gasteiger partial charge on any atom is -0.329 e. The van der Waals surface area contributed by atoms with Crippen LogP contribution in [0.25, 0.3) is 0 Å². The van der Waals surface area contributed by atoms with Gasteiger partial charge in [0.1, 0.15) is 12.1 Å². The number of hydrogen-bond acceptors (Lipinski definition) is 2. The largest absolute Gasteiger partial charge is 0.329 e. The van der Waals surface area contributed by atoms with Crippen LogP contribution in [0.2, 0.25) is 0 Å². The molecule has 0 radical (unpaired) electrons. The van der Waals surface area contributed by atoms with Crippen LogP contribution >= 0.6 is 0 Å². The number of carbonyl (C=O) groups excluding carboxylic acids is 2.